The predicted octanol–water partition coefficient (Wildman–Crippen LogP) is 2.52. The number of rotatable bonds is 3. The van der Waals surface area contributed by atoms with Crippen LogP contribution in [0.2, 0.25) is 0 Å². The van der Waals surface area contributed by atoms with Gasteiger partial charge in [-0.3, -0.25) is 0 Å². The summed E-state index contributed by atoms with van der Waals surface area (Å²) in [4.78, 5) is 11.0. The largest absolute Gasteiger partial charge is 0.462 e. The van der Waals surface area contributed by atoms with Crippen LogP contribution in [0.3, 0.4) is 0 Å². The van der Waals surface area contributed by atoms with Gasteiger partial charge in [0.15, 0.2) is 0 Å². The van der Waals surface area contributed by atoms with Crippen LogP contribution in [0.5, 0.6) is 0 Å². The fraction of sp³-hybridized carbons (Fsp3) is 0.625. The molecular formula is C8H13IO2. The summed E-state index contributed by atoms with van der Waals surface area (Å²) >= 11 is 1.99. The second-order valence-electron chi connectivity index (χ2n) is 2.48. The smallest absolute Gasteiger partial charge is 0.344 e. The van der Waals surface area contributed by atoms with Crippen LogP contribution in [-0.4, -0.2) is 12.6 Å². The van der Waals surface area contributed by atoms with Gasteiger partial charge in [-0.15, -0.1) is 0 Å². The number of hydrogen-bond donors (Lipinski definition) is 0. The first kappa shape index (κ1) is 10.9. The molecule has 0 radical (unpaired) electrons. The van der Waals surface area contributed by atoms with E-state index in [-0.39, 0.29) is 5.97 Å². The van der Waals surface area contributed by atoms with Gasteiger partial charge < -0.3 is 4.74 Å². The van der Waals surface area contributed by atoms with Gasteiger partial charge in [-0.1, -0.05) is 19.9 Å². The Morgan fingerprint density at radius 1 is 1.64 bits per heavy atom. The van der Waals surface area contributed by atoms with Gasteiger partial charge in [0.25, 0.3) is 0 Å². The minimum absolute atomic E-state index is 0.221. The molecule has 3 heteroatoms. The van der Waals surface area contributed by atoms with E-state index in [4.69, 9.17) is 4.74 Å². The Labute approximate surface area is 81.1 Å². The molecule has 0 saturated carbocycles. The average Bonchev–Trinajstić information content (AvgIpc) is 1.86. The lowest BCUT2D eigenvalue weighted by Crippen LogP contribution is -2.03. The summed E-state index contributed by atoms with van der Waals surface area (Å²) in [6.07, 6.45) is 1.89. The first-order valence-corrected chi connectivity index (χ1v) is 4.70. The van der Waals surface area contributed by atoms with E-state index in [0.29, 0.717) is 16.1 Å². The summed E-state index contributed by atoms with van der Waals surface area (Å²) < 4.78 is 5.46. The van der Waals surface area contributed by atoms with Crippen molar-refractivity contribution in [2.45, 2.75) is 20.8 Å². The lowest BCUT2D eigenvalue weighted by Gasteiger charge is -2.00. The Bertz CT molecular complexity index is 161. The third kappa shape index (κ3) is 5.24. The summed E-state index contributed by atoms with van der Waals surface area (Å²) in [6.45, 7) is 6.30. The van der Waals surface area contributed by atoms with E-state index in [2.05, 4.69) is 0 Å². The maximum Gasteiger partial charge on any atom is 0.344 e. The molecule has 0 bridgehead atoms. The van der Waals surface area contributed by atoms with Crippen molar-refractivity contribution < 1.29 is 9.53 Å². The zero-order valence-corrected chi connectivity index (χ0v) is 9.21. The monoisotopic (exact) mass is 268 g/mol. The summed E-state index contributed by atoms with van der Waals surface area (Å²) in [5.41, 5.74) is 0. The molecule has 0 aromatic heterocycles. The molecule has 0 aliphatic carbocycles. The second-order valence-corrected chi connectivity index (χ2v) is 3.64. The van der Waals surface area contributed by atoms with E-state index in [9.17, 15) is 4.79 Å². The lowest BCUT2D eigenvalue weighted by atomic mass is 10.2. The molecule has 0 unspecified atom stereocenters. The van der Waals surface area contributed by atoms with E-state index in [0.717, 1.165) is 0 Å². The molecule has 11 heavy (non-hydrogen) atoms. The predicted molar refractivity (Wildman–Crippen MR) is 53.6 cm³/mol. The Kier molecular flexibility index (Phi) is 5.54. The molecule has 0 amide bonds. The van der Waals surface area contributed by atoms with Crippen molar-refractivity contribution in [1.82, 2.24) is 0 Å². The van der Waals surface area contributed by atoms with Crippen LogP contribution in [0.25, 0.3) is 0 Å². The quantitative estimate of drug-likeness (QED) is 0.446. The fourth-order valence-corrected chi connectivity index (χ4v) is 1.44. The van der Waals surface area contributed by atoms with Gasteiger partial charge in [-0.2, -0.15) is 0 Å². The first-order valence-electron chi connectivity index (χ1n) is 3.62. The first-order chi connectivity index (χ1) is 5.07. The topological polar surface area (TPSA) is 26.3 Å². The molecule has 0 rings (SSSR count). The van der Waals surface area contributed by atoms with E-state index in [1.165, 1.54) is 0 Å². The maximum absolute atomic E-state index is 11.0. The fourth-order valence-electron chi connectivity index (χ4n) is 0.561. The number of hydrogen-bond acceptors (Lipinski definition) is 2. The number of esters is 1. The normalized spacial score (nSPS) is 11.9. The molecule has 0 aromatic carbocycles. The number of allylic oxidation sites excluding steroid dienone is 1. The average molecular weight is 268 g/mol. The molecule has 0 aliphatic rings. The van der Waals surface area contributed by atoms with Gasteiger partial charge >= 0.3 is 5.97 Å². The number of halogens is 1. The molecule has 0 saturated heterocycles. The Morgan fingerprint density at radius 2 is 2.18 bits per heavy atom. The SMILES string of the molecule is CCOC(=O)/C(I)=C/C(C)C. The molecule has 0 fully saturated rings. The van der Waals surface area contributed by atoms with E-state index in [1.807, 2.05) is 42.5 Å². The molecule has 64 valence electrons. The van der Waals surface area contributed by atoms with Gasteiger partial charge in [0.1, 0.15) is 0 Å². The molecule has 0 atom stereocenters. The van der Waals surface area contributed by atoms with Crippen molar-refractivity contribution in [2.24, 2.45) is 5.92 Å². The van der Waals surface area contributed by atoms with Crippen LogP contribution in [0.4, 0.5) is 0 Å². The Hall–Kier alpha value is -0.0600. The van der Waals surface area contributed by atoms with E-state index in [1.54, 1.807) is 6.92 Å². The highest BCUT2D eigenvalue weighted by atomic mass is 127. The molecule has 0 aromatic rings. The Balaban J connectivity index is 4.01. The zero-order chi connectivity index (χ0) is 8.85. The van der Waals surface area contributed by atoms with Gasteiger partial charge in [0, 0.05) is 0 Å². The van der Waals surface area contributed by atoms with Crippen LogP contribution in [0, 0.1) is 5.92 Å². The van der Waals surface area contributed by atoms with Crippen LogP contribution in [-0.2, 0) is 9.53 Å². The summed E-state index contributed by atoms with van der Waals surface area (Å²) in [5, 5.41) is 0. The third-order valence-corrected chi connectivity index (χ3v) is 1.75. The minimum Gasteiger partial charge on any atom is -0.462 e. The van der Waals surface area contributed by atoms with Crippen molar-refractivity contribution in [3.05, 3.63) is 9.66 Å². The van der Waals surface area contributed by atoms with Crippen LogP contribution in [0.1, 0.15) is 20.8 Å². The maximum atomic E-state index is 11.0. The highest BCUT2D eigenvalue weighted by Gasteiger charge is 2.05. The summed E-state index contributed by atoms with van der Waals surface area (Å²) in [6, 6.07) is 0. The number of carbonyl (C=O) groups is 1. The van der Waals surface area contributed by atoms with Gasteiger partial charge in [-0.25, -0.2) is 4.79 Å². The molecule has 0 aliphatic heterocycles. The molecule has 2 nitrogen and oxygen atoms in total. The molecule has 0 N–H and O–H groups in total. The summed E-state index contributed by atoms with van der Waals surface area (Å²) in [7, 11) is 0. The molecular weight excluding hydrogens is 255 g/mol. The van der Waals surface area contributed by atoms with Crippen molar-refractivity contribution >= 4 is 28.6 Å². The van der Waals surface area contributed by atoms with Gasteiger partial charge in [0.05, 0.1) is 10.2 Å². The van der Waals surface area contributed by atoms with Gasteiger partial charge in [-0.05, 0) is 35.4 Å². The Morgan fingerprint density at radius 3 is 2.55 bits per heavy atom. The summed E-state index contributed by atoms with van der Waals surface area (Å²) in [5.74, 6) is 0.174. The number of ether oxygens (including phenoxy) is 1. The second kappa shape index (κ2) is 5.57. The van der Waals surface area contributed by atoms with Crippen molar-refractivity contribution in [3.63, 3.8) is 0 Å². The third-order valence-electron chi connectivity index (χ3n) is 0.950. The van der Waals surface area contributed by atoms with Crippen LogP contribution in [0.15, 0.2) is 9.66 Å². The molecule has 0 heterocycles. The van der Waals surface area contributed by atoms with Crippen LogP contribution < -0.4 is 0 Å². The van der Waals surface area contributed by atoms with E-state index < -0.39 is 0 Å². The lowest BCUT2D eigenvalue weighted by molar-refractivity contribution is -0.137. The van der Waals surface area contributed by atoms with E-state index >= 15 is 0 Å². The van der Waals surface area contributed by atoms with Gasteiger partial charge in [0.2, 0.25) is 0 Å². The van der Waals surface area contributed by atoms with Crippen molar-refractivity contribution in [3.8, 4) is 0 Å². The van der Waals surface area contributed by atoms with Crippen molar-refractivity contribution in [2.75, 3.05) is 6.61 Å². The molecule has 0 spiro atoms. The standard InChI is InChI=1S/C8H13IO2/c1-4-11-8(10)7(9)5-6(2)3/h5-6H,4H2,1-3H3/b7-5-. The zero-order valence-electron chi connectivity index (χ0n) is 7.06. The van der Waals surface area contributed by atoms with Crippen LogP contribution >= 0.6 is 22.6 Å². The number of carbonyl (C=O) groups excluding carboxylic acids is 1. The minimum atomic E-state index is -0.221. The highest BCUT2D eigenvalue weighted by molar-refractivity contribution is 14.1. The highest BCUT2D eigenvalue weighted by Crippen LogP contribution is 2.11. The van der Waals surface area contributed by atoms with Crippen molar-refractivity contribution in [1.29, 1.82) is 0 Å².